The topological polar surface area (TPSA) is 50.8 Å². The zero-order valence-electron chi connectivity index (χ0n) is 13.7. The standard InChI is InChI=1S/C18H24N2O3/c1-12-15-8-14-9-18(23-12,19-17(21)22-2)16(15)20(11-14)10-13-6-4-3-5-7-13/h3-7,12,14-16H,8-11H2,1-2H3,(H,19,21)/t12-,14+,15+,16+,18-/m0/s1. The Morgan fingerprint density at radius 1 is 1.43 bits per heavy atom. The van der Waals surface area contributed by atoms with Crippen LogP contribution < -0.4 is 5.32 Å². The highest BCUT2D eigenvalue weighted by Gasteiger charge is 2.64. The van der Waals surface area contributed by atoms with E-state index in [2.05, 4.69) is 41.4 Å². The summed E-state index contributed by atoms with van der Waals surface area (Å²) in [4.78, 5) is 14.4. The number of methoxy groups -OCH3 is 1. The lowest BCUT2D eigenvalue weighted by Gasteiger charge is -2.54. The summed E-state index contributed by atoms with van der Waals surface area (Å²) in [5.74, 6) is 1.04. The number of carbonyl (C=O) groups is 1. The van der Waals surface area contributed by atoms with Crippen molar-refractivity contribution in [2.24, 2.45) is 11.8 Å². The molecule has 5 atom stereocenters. The van der Waals surface area contributed by atoms with Gasteiger partial charge in [-0.2, -0.15) is 0 Å². The Kier molecular flexibility index (Phi) is 3.58. The minimum atomic E-state index is -0.590. The van der Waals surface area contributed by atoms with Crippen molar-refractivity contribution in [2.75, 3.05) is 13.7 Å². The van der Waals surface area contributed by atoms with E-state index in [1.54, 1.807) is 0 Å². The predicted octanol–water partition coefficient (Wildman–Crippen LogP) is 2.37. The van der Waals surface area contributed by atoms with E-state index in [1.807, 2.05) is 6.07 Å². The summed E-state index contributed by atoms with van der Waals surface area (Å²) in [5, 5.41) is 3.03. The lowest BCUT2D eigenvalue weighted by Crippen LogP contribution is -2.69. The van der Waals surface area contributed by atoms with Crippen molar-refractivity contribution in [1.82, 2.24) is 10.2 Å². The molecule has 0 spiro atoms. The van der Waals surface area contributed by atoms with Crippen molar-refractivity contribution in [3.05, 3.63) is 35.9 Å². The zero-order chi connectivity index (χ0) is 16.0. The third-order valence-electron chi connectivity index (χ3n) is 5.69. The molecule has 0 aromatic heterocycles. The van der Waals surface area contributed by atoms with Crippen LogP contribution in [-0.2, 0) is 16.0 Å². The van der Waals surface area contributed by atoms with Crippen LogP contribution in [-0.4, -0.2) is 42.5 Å². The first-order chi connectivity index (χ1) is 11.1. The molecule has 0 radical (unpaired) electrons. The highest BCUT2D eigenvalue weighted by atomic mass is 16.6. The van der Waals surface area contributed by atoms with Gasteiger partial charge in [-0.05, 0) is 24.8 Å². The smallest absolute Gasteiger partial charge is 0.409 e. The molecule has 1 aromatic rings. The number of piperidine rings is 2. The number of amides is 1. The summed E-state index contributed by atoms with van der Waals surface area (Å²) in [6, 6.07) is 10.7. The van der Waals surface area contributed by atoms with Gasteiger partial charge in [0.2, 0.25) is 0 Å². The molecule has 1 aromatic carbocycles. The Morgan fingerprint density at radius 3 is 2.96 bits per heavy atom. The molecule has 3 saturated heterocycles. The molecule has 4 aliphatic rings. The quantitative estimate of drug-likeness (QED) is 0.930. The second kappa shape index (κ2) is 5.49. The first kappa shape index (κ1) is 15.0. The van der Waals surface area contributed by atoms with Crippen LogP contribution in [0.5, 0.6) is 0 Å². The van der Waals surface area contributed by atoms with E-state index in [-0.39, 0.29) is 12.1 Å². The third kappa shape index (κ3) is 2.42. The molecule has 3 aliphatic heterocycles. The van der Waals surface area contributed by atoms with Gasteiger partial charge in [-0.3, -0.25) is 10.2 Å². The van der Waals surface area contributed by atoms with E-state index in [0.717, 1.165) is 19.5 Å². The fourth-order valence-electron chi connectivity index (χ4n) is 4.99. The lowest BCUT2D eigenvalue weighted by atomic mass is 9.68. The molecule has 1 aliphatic carbocycles. The van der Waals surface area contributed by atoms with Gasteiger partial charge in [0, 0.05) is 25.4 Å². The van der Waals surface area contributed by atoms with Crippen LogP contribution >= 0.6 is 0 Å². The molecule has 5 rings (SSSR count). The summed E-state index contributed by atoms with van der Waals surface area (Å²) < 4.78 is 11.1. The second-order valence-corrected chi connectivity index (χ2v) is 7.16. The van der Waals surface area contributed by atoms with Crippen molar-refractivity contribution in [3.63, 3.8) is 0 Å². The molecule has 124 valence electrons. The number of carbonyl (C=O) groups excluding carboxylic acids is 1. The monoisotopic (exact) mass is 316 g/mol. The van der Waals surface area contributed by atoms with E-state index in [4.69, 9.17) is 9.47 Å². The first-order valence-corrected chi connectivity index (χ1v) is 8.43. The average Bonchev–Trinajstić information content (AvgIpc) is 2.74. The van der Waals surface area contributed by atoms with Crippen molar-refractivity contribution < 1.29 is 14.3 Å². The Bertz CT molecular complexity index is 589. The van der Waals surface area contributed by atoms with E-state index < -0.39 is 11.8 Å². The fourth-order valence-corrected chi connectivity index (χ4v) is 4.99. The number of benzene rings is 1. The third-order valence-corrected chi connectivity index (χ3v) is 5.69. The normalized spacial score (nSPS) is 38.5. The minimum absolute atomic E-state index is 0.167. The van der Waals surface area contributed by atoms with Crippen molar-refractivity contribution in [2.45, 2.75) is 44.2 Å². The van der Waals surface area contributed by atoms with Crippen molar-refractivity contribution in [3.8, 4) is 0 Å². The first-order valence-electron chi connectivity index (χ1n) is 8.43. The maximum Gasteiger partial charge on any atom is 0.409 e. The molecule has 1 saturated carbocycles. The number of hydrogen-bond acceptors (Lipinski definition) is 4. The molecule has 1 N–H and O–H groups in total. The van der Waals surface area contributed by atoms with Gasteiger partial charge in [0.05, 0.1) is 19.3 Å². The summed E-state index contributed by atoms with van der Waals surface area (Å²) in [6.07, 6.45) is 1.85. The Balaban J connectivity index is 1.62. The van der Waals surface area contributed by atoms with Crippen LogP contribution in [0.2, 0.25) is 0 Å². The van der Waals surface area contributed by atoms with E-state index in [9.17, 15) is 4.79 Å². The summed E-state index contributed by atoms with van der Waals surface area (Å²) in [7, 11) is 1.41. The summed E-state index contributed by atoms with van der Waals surface area (Å²) in [6.45, 7) is 4.11. The molecule has 1 amide bonds. The zero-order valence-corrected chi connectivity index (χ0v) is 13.7. The van der Waals surface area contributed by atoms with Crippen molar-refractivity contribution >= 4 is 6.09 Å². The number of fused-ring (bicyclic) bond motifs is 1. The number of hydrogen-bond donors (Lipinski definition) is 1. The van der Waals surface area contributed by atoms with Crippen LogP contribution in [0.25, 0.3) is 0 Å². The highest BCUT2D eigenvalue weighted by molar-refractivity contribution is 5.68. The van der Waals surface area contributed by atoms with Gasteiger partial charge < -0.3 is 9.47 Å². The van der Waals surface area contributed by atoms with Crippen LogP contribution in [0.15, 0.2) is 30.3 Å². The number of alkyl carbamates (subject to hydrolysis) is 1. The van der Waals surface area contributed by atoms with E-state index >= 15 is 0 Å². The average molecular weight is 316 g/mol. The molecule has 5 heteroatoms. The van der Waals surface area contributed by atoms with Crippen molar-refractivity contribution in [1.29, 1.82) is 0 Å². The number of nitrogens with one attached hydrogen (secondary N) is 1. The number of ether oxygens (including phenoxy) is 2. The maximum atomic E-state index is 11.9. The van der Waals surface area contributed by atoms with Crippen LogP contribution in [0, 0.1) is 11.8 Å². The van der Waals surface area contributed by atoms with Gasteiger partial charge in [-0.15, -0.1) is 0 Å². The summed E-state index contributed by atoms with van der Waals surface area (Å²) >= 11 is 0. The Hall–Kier alpha value is -1.59. The molecule has 3 heterocycles. The van der Waals surface area contributed by atoms with Gasteiger partial charge in [-0.25, -0.2) is 4.79 Å². The van der Waals surface area contributed by atoms with Gasteiger partial charge in [-0.1, -0.05) is 30.3 Å². The van der Waals surface area contributed by atoms with Crippen LogP contribution in [0.1, 0.15) is 25.3 Å². The van der Waals surface area contributed by atoms with E-state index in [0.29, 0.717) is 11.8 Å². The molecular weight excluding hydrogens is 292 g/mol. The molecule has 4 fully saturated rings. The maximum absolute atomic E-state index is 11.9. The van der Waals surface area contributed by atoms with Gasteiger partial charge in [0.15, 0.2) is 5.72 Å². The number of nitrogens with zero attached hydrogens (tertiary/aromatic N) is 1. The van der Waals surface area contributed by atoms with Gasteiger partial charge in [0.25, 0.3) is 0 Å². The largest absolute Gasteiger partial charge is 0.453 e. The van der Waals surface area contributed by atoms with E-state index in [1.165, 1.54) is 19.1 Å². The molecule has 5 nitrogen and oxygen atoms in total. The molecule has 4 bridgehead atoms. The molecule has 23 heavy (non-hydrogen) atoms. The summed E-state index contributed by atoms with van der Waals surface area (Å²) in [5.41, 5.74) is 0.716. The second-order valence-electron chi connectivity index (χ2n) is 7.16. The van der Waals surface area contributed by atoms with Gasteiger partial charge >= 0.3 is 6.09 Å². The SMILES string of the molecule is COC(=O)N[C@@]12C[C@H]3C[C@H]([C@H](C)O1)[C@H]2N(Cc1ccccc1)C3. The minimum Gasteiger partial charge on any atom is -0.453 e. The van der Waals surface area contributed by atoms with Crippen LogP contribution in [0.3, 0.4) is 0 Å². The lowest BCUT2D eigenvalue weighted by molar-refractivity contribution is -0.131. The highest BCUT2D eigenvalue weighted by Crippen LogP contribution is 2.53. The van der Waals surface area contributed by atoms with Gasteiger partial charge in [0.1, 0.15) is 0 Å². The Morgan fingerprint density at radius 2 is 2.22 bits per heavy atom. The molecule has 0 unspecified atom stereocenters. The number of rotatable bonds is 3. The fraction of sp³-hybridized carbons (Fsp3) is 0.611. The predicted molar refractivity (Wildman–Crippen MR) is 85.7 cm³/mol. The molecular formula is C18H24N2O3. The Labute approximate surface area is 136 Å². The van der Waals surface area contributed by atoms with Crippen LogP contribution in [0.4, 0.5) is 4.79 Å².